The molecule has 0 saturated carbocycles. The van der Waals surface area contributed by atoms with Crippen molar-refractivity contribution in [1.29, 1.82) is 0 Å². The van der Waals surface area contributed by atoms with Gasteiger partial charge in [-0.3, -0.25) is 4.79 Å². The number of amides is 1. The highest BCUT2D eigenvalue weighted by Gasteiger charge is 2.20. The molecule has 0 saturated heterocycles. The smallest absolute Gasteiger partial charge is 0.287 e. The van der Waals surface area contributed by atoms with Gasteiger partial charge in [-0.15, -0.1) is 0 Å². The van der Waals surface area contributed by atoms with Gasteiger partial charge in [-0.2, -0.15) is 0 Å². The first kappa shape index (κ1) is 20.0. The number of furan rings is 1. The number of nitrogens with one attached hydrogen (secondary N) is 1. The molecule has 0 spiro atoms. The fraction of sp³-hybridized carbons (Fsp3) is 0.174. The van der Waals surface area contributed by atoms with Gasteiger partial charge in [-0.25, -0.2) is 9.97 Å². The van der Waals surface area contributed by atoms with Gasteiger partial charge in [0.15, 0.2) is 10.9 Å². The Morgan fingerprint density at radius 2 is 1.83 bits per heavy atom. The lowest BCUT2D eigenvalue weighted by atomic mass is 10.1. The van der Waals surface area contributed by atoms with Crippen molar-refractivity contribution in [1.82, 2.24) is 15.3 Å². The summed E-state index contributed by atoms with van der Waals surface area (Å²) in [6.45, 7) is 0.511. The minimum absolute atomic E-state index is 0.218. The van der Waals surface area contributed by atoms with Crippen molar-refractivity contribution in [3.63, 3.8) is 0 Å². The van der Waals surface area contributed by atoms with Crippen LogP contribution in [0.4, 0.5) is 0 Å². The molecule has 0 aliphatic carbocycles. The first-order valence-electron chi connectivity index (χ1n) is 9.56. The Balaban J connectivity index is 1.47. The van der Waals surface area contributed by atoms with E-state index in [1.54, 1.807) is 25.6 Å². The maximum atomic E-state index is 12.9. The van der Waals surface area contributed by atoms with E-state index >= 15 is 0 Å². The summed E-state index contributed by atoms with van der Waals surface area (Å²) >= 11 is 1.47. The number of benzene rings is 2. The van der Waals surface area contributed by atoms with Crippen LogP contribution in [0.5, 0.6) is 5.75 Å². The molecule has 2 aromatic carbocycles. The highest BCUT2D eigenvalue weighted by Crippen LogP contribution is 2.31. The number of carbonyl (C=O) groups is 1. The molecule has 4 aromatic rings. The molecule has 0 radical (unpaired) electrons. The average molecular weight is 420 g/mol. The van der Waals surface area contributed by atoms with Crippen molar-refractivity contribution < 1.29 is 13.9 Å². The maximum Gasteiger partial charge on any atom is 0.287 e. The van der Waals surface area contributed by atoms with Crippen molar-refractivity contribution >= 4 is 28.6 Å². The third-order valence-electron chi connectivity index (χ3n) is 4.65. The first-order chi connectivity index (χ1) is 14.7. The second kappa shape index (κ2) is 9.45. The van der Waals surface area contributed by atoms with Crippen molar-refractivity contribution in [2.24, 2.45) is 0 Å². The van der Waals surface area contributed by atoms with Gasteiger partial charge < -0.3 is 14.5 Å². The normalized spacial score (nSPS) is 10.8. The lowest BCUT2D eigenvalue weighted by Crippen LogP contribution is -2.26. The Morgan fingerprint density at radius 1 is 1.07 bits per heavy atom. The Kier molecular flexibility index (Phi) is 6.29. The van der Waals surface area contributed by atoms with E-state index in [1.807, 2.05) is 48.5 Å². The predicted octanol–water partition coefficient (Wildman–Crippen LogP) is 4.50. The number of rotatable bonds is 8. The molecular weight excluding hydrogens is 398 g/mol. The highest BCUT2D eigenvalue weighted by molar-refractivity contribution is 7.98. The number of ether oxygens (including phenoxy) is 1. The largest absolute Gasteiger partial charge is 0.497 e. The SMILES string of the molecule is COc1ccc(CCNC(=O)c2oc3ccccc3c2CSc2ncccn2)cc1. The molecule has 1 amide bonds. The molecule has 0 aliphatic heterocycles. The van der Waals surface area contributed by atoms with Crippen molar-refractivity contribution in [3.8, 4) is 5.75 Å². The van der Waals surface area contributed by atoms with Crippen LogP contribution in [-0.4, -0.2) is 29.5 Å². The number of thioether (sulfide) groups is 1. The molecule has 152 valence electrons. The van der Waals surface area contributed by atoms with Crippen LogP contribution in [-0.2, 0) is 12.2 Å². The molecule has 0 bridgehead atoms. The van der Waals surface area contributed by atoms with Crippen molar-refractivity contribution in [2.45, 2.75) is 17.3 Å². The second-order valence-corrected chi connectivity index (χ2v) is 7.52. The van der Waals surface area contributed by atoms with Gasteiger partial charge in [-0.1, -0.05) is 42.1 Å². The van der Waals surface area contributed by atoms with Gasteiger partial charge in [-0.05, 0) is 36.2 Å². The third-order valence-corrected chi connectivity index (χ3v) is 5.55. The number of hydrogen-bond acceptors (Lipinski definition) is 6. The van der Waals surface area contributed by atoms with Crippen LogP contribution >= 0.6 is 11.8 Å². The molecule has 0 atom stereocenters. The summed E-state index contributed by atoms with van der Waals surface area (Å²) in [6, 6.07) is 17.3. The maximum absolute atomic E-state index is 12.9. The van der Waals surface area contributed by atoms with Gasteiger partial charge >= 0.3 is 0 Å². The van der Waals surface area contributed by atoms with E-state index in [1.165, 1.54) is 11.8 Å². The summed E-state index contributed by atoms with van der Waals surface area (Å²) in [5.74, 6) is 1.48. The van der Waals surface area contributed by atoms with E-state index in [9.17, 15) is 4.79 Å². The lowest BCUT2D eigenvalue weighted by molar-refractivity contribution is 0.0927. The monoisotopic (exact) mass is 419 g/mol. The minimum Gasteiger partial charge on any atom is -0.497 e. The van der Waals surface area contributed by atoms with E-state index in [-0.39, 0.29) is 5.91 Å². The molecule has 0 aliphatic rings. The van der Waals surface area contributed by atoms with Gasteiger partial charge in [0.05, 0.1) is 7.11 Å². The number of nitrogens with zero attached hydrogens (tertiary/aromatic N) is 2. The predicted molar refractivity (Wildman–Crippen MR) is 117 cm³/mol. The zero-order valence-corrected chi connectivity index (χ0v) is 17.3. The Morgan fingerprint density at radius 3 is 2.60 bits per heavy atom. The van der Waals surface area contributed by atoms with Gasteiger partial charge in [0.2, 0.25) is 0 Å². The average Bonchev–Trinajstić information content (AvgIpc) is 3.17. The number of para-hydroxylation sites is 1. The standard InChI is InChI=1S/C23H21N3O3S/c1-28-17-9-7-16(8-10-17)11-14-24-22(27)21-19(15-30-23-25-12-4-13-26-23)18-5-2-3-6-20(18)29-21/h2-10,12-13H,11,14-15H2,1H3,(H,24,27). The van der Waals surface area contributed by atoms with E-state index in [0.717, 1.165) is 28.7 Å². The zero-order valence-electron chi connectivity index (χ0n) is 16.5. The van der Waals surface area contributed by atoms with Crippen LogP contribution < -0.4 is 10.1 Å². The van der Waals surface area contributed by atoms with Gasteiger partial charge in [0.1, 0.15) is 11.3 Å². The molecule has 2 aromatic heterocycles. The third kappa shape index (κ3) is 4.63. The molecule has 4 rings (SSSR count). The van der Waals surface area contributed by atoms with Crippen LogP contribution in [0, 0.1) is 0 Å². The second-order valence-electron chi connectivity index (χ2n) is 6.58. The summed E-state index contributed by atoms with van der Waals surface area (Å²) in [4.78, 5) is 21.4. The highest BCUT2D eigenvalue weighted by atomic mass is 32.2. The Hall–Kier alpha value is -3.32. The number of methoxy groups -OCH3 is 1. The lowest BCUT2D eigenvalue weighted by Gasteiger charge is -2.06. The zero-order chi connectivity index (χ0) is 20.8. The molecule has 1 N–H and O–H groups in total. The van der Waals surface area contributed by atoms with Crippen LogP contribution in [0.15, 0.2) is 76.6 Å². The topological polar surface area (TPSA) is 77.2 Å². The fourth-order valence-corrected chi connectivity index (χ4v) is 3.95. The molecule has 0 unspecified atom stereocenters. The van der Waals surface area contributed by atoms with Crippen LogP contribution in [0.2, 0.25) is 0 Å². The van der Waals surface area contributed by atoms with E-state index in [2.05, 4.69) is 15.3 Å². The summed E-state index contributed by atoms with van der Waals surface area (Å²) < 4.78 is 11.1. The molecule has 7 heteroatoms. The Labute approximate surface area is 178 Å². The number of hydrogen-bond donors (Lipinski definition) is 1. The van der Waals surface area contributed by atoms with Crippen LogP contribution in [0.25, 0.3) is 11.0 Å². The summed E-state index contributed by atoms with van der Waals surface area (Å²) in [6.07, 6.45) is 4.13. The first-order valence-corrected chi connectivity index (χ1v) is 10.5. The van der Waals surface area contributed by atoms with Gasteiger partial charge in [0, 0.05) is 35.6 Å². The van der Waals surface area contributed by atoms with Crippen LogP contribution in [0.1, 0.15) is 21.7 Å². The minimum atomic E-state index is -0.218. The van der Waals surface area contributed by atoms with Gasteiger partial charge in [0.25, 0.3) is 5.91 Å². The molecule has 6 nitrogen and oxygen atoms in total. The van der Waals surface area contributed by atoms with Crippen molar-refractivity contribution in [2.75, 3.05) is 13.7 Å². The van der Waals surface area contributed by atoms with E-state index in [4.69, 9.17) is 9.15 Å². The van der Waals surface area contributed by atoms with E-state index in [0.29, 0.717) is 28.8 Å². The quantitative estimate of drug-likeness (QED) is 0.335. The van der Waals surface area contributed by atoms with Crippen LogP contribution in [0.3, 0.4) is 0 Å². The molecule has 0 fully saturated rings. The number of carbonyl (C=O) groups excluding carboxylic acids is 1. The summed E-state index contributed by atoms with van der Waals surface area (Å²) in [5.41, 5.74) is 2.67. The summed E-state index contributed by atoms with van der Waals surface area (Å²) in [5, 5.41) is 4.56. The van der Waals surface area contributed by atoms with Crippen molar-refractivity contribution in [3.05, 3.63) is 83.9 Å². The Bertz CT molecular complexity index is 1130. The summed E-state index contributed by atoms with van der Waals surface area (Å²) in [7, 11) is 1.64. The number of fused-ring (bicyclic) bond motifs is 1. The fourth-order valence-electron chi connectivity index (χ4n) is 3.12. The van der Waals surface area contributed by atoms with E-state index < -0.39 is 0 Å². The molecular formula is C23H21N3O3S. The molecule has 30 heavy (non-hydrogen) atoms. The number of aromatic nitrogens is 2. The molecule has 2 heterocycles.